The number of piperazine rings is 1. The van der Waals surface area contributed by atoms with E-state index in [2.05, 4.69) is 48.8 Å². The van der Waals surface area contributed by atoms with Crippen LogP contribution in [0.25, 0.3) is 5.57 Å². The van der Waals surface area contributed by atoms with E-state index in [1.807, 2.05) is 18.2 Å². The third-order valence-corrected chi connectivity index (χ3v) is 8.92. The van der Waals surface area contributed by atoms with Crippen LogP contribution in [0.4, 0.5) is 5.69 Å². The van der Waals surface area contributed by atoms with Crippen molar-refractivity contribution >= 4 is 17.0 Å². The number of Topliss-reactive ketones (excluding diaryl/α,β-unsaturated/α-hetero) is 1. The summed E-state index contributed by atoms with van der Waals surface area (Å²) in [5.41, 5.74) is 9.29. The molecular formula is C30H33N3O. The first-order valence-electron chi connectivity index (χ1n) is 12.9. The molecule has 1 saturated heterocycles. The summed E-state index contributed by atoms with van der Waals surface area (Å²) in [6, 6.07) is 13.4. The molecule has 2 aromatic carbocycles. The number of nitrogens with zero attached hydrogens (tertiary/aromatic N) is 3. The number of anilines is 1. The van der Waals surface area contributed by atoms with Crippen molar-refractivity contribution in [2.75, 3.05) is 31.1 Å². The highest BCUT2D eigenvalue weighted by molar-refractivity contribution is 6.33. The molecule has 0 N–H and O–H groups in total. The highest BCUT2D eigenvalue weighted by atomic mass is 16.1. The van der Waals surface area contributed by atoms with E-state index in [-0.39, 0.29) is 11.2 Å². The molecular weight excluding hydrogens is 418 g/mol. The standard InChI is InChI=1S/C30H33N3O/c1-4-20-15-24-25(17-27(20)33-12-10-32(11-13-33)22-6-5-7-22)30(2,3)26-16-21-14-19(18-31)8-9-23(21)28(26)29(24)34/h8-9,14-15,17,22H,4-7,10-13,16H2,1-3H3. The average molecular weight is 452 g/mol. The van der Waals surface area contributed by atoms with Gasteiger partial charge in [-0.25, -0.2) is 0 Å². The van der Waals surface area contributed by atoms with Crippen LogP contribution in [-0.2, 0) is 18.3 Å². The number of ketones is 1. The smallest absolute Gasteiger partial charge is 0.193 e. The summed E-state index contributed by atoms with van der Waals surface area (Å²) in [6.07, 6.45) is 5.80. The van der Waals surface area contributed by atoms with E-state index in [1.165, 1.54) is 36.1 Å². The highest BCUT2D eigenvalue weighted by Gasteiger charge is 2.43. The van der Waals surface area contributed by atoms with Crippen molar-refractivity contribution in [3.63, 3.8) is 0 Å². The minimum absolute atomic E-state index is 0.156. The summed E-state index contributed by atoms with van der Waals surface area (Å²) in [7, 11) is 0. The van der Waals surface area contributed by atoms with Gasteiger partial charge < -0.3 is 4.90 Å². The lowest BCUT2D eigenvalue weighted by Gasteiger charge is -2.44. The maximum atomic E-state index is 13.9. The third-order valence-electron chi connectivity index (χ3n) is 8.92. The largest absolute Gasteiger partial charge is 0.369 e. The molecule has 2 aromatic rings. The number of carbonyl (C=O) groups excluding carboxylic acids is 1. The topological polar surface area (TPSA) is 47.3 Å². The molecule has 4 nitrogen and oxygen atoms in total. The van der Waals surface area contributed by atoms with Crippen molar-refractivity contribution in [2.24, 2.45) is 0 Å². The molecule has 0 amide bonds. The van der Waals surface area contributed by atoms with Gasteiger partial charge in [-0.05, 0) is 77.8 Å². The summed E-state index contributed by atoms with van der Waals surface area (Å²) in [5.74, 6) is 0.156. The normalized spacial score (nSPS) is 21.6. The van der Waals surface area contributed by atoms with E-state index in [0.29, 0.717) is 5.56 Å². The van der Waals surface area contributed by atoms with E-state index in [9.17, 15) is 10.1 Å². The lowest BCUT2D eigenvalue weighted by atomic mass is 9.68. The summed E-state index contributed by atoms with van der Waals surface area (Å²) < 4.78 is 0. The fourth-order valence-corrected chi connectivity index (χ4v) is 6.58. The first-order chi connectivity index (χ1) is 16.4. The zero-order chi connectivity index (χ0) is 23.6. The molecule has 4 heteroatoms. The molecule has 0 unspecified atom stereocenters. The zero-order valence-electron chi connectivity index (χ0n) is 20.6. The van der Waals surface area contributed by atoms with Crippen LogP contribution in [0.5, 0.6) is 0 Å². The lowest BCUT2D eigenvalue weighted by molar-refractivity contribution is 0.105. The number of carbonyl (C=O) groups is 1. The van der Waals surface area contributed by atoms with Gasteiger partial charge in [-0.3, -0.25) is 9.69 Å². The van der Waals surface area contributed by atoms with Crippen LogP contribution < -0.4 is 4.90 Å². The Hall–Kier alpha value is -2.90. The van der Waals surface area contributed by atoms with Crippen LogP contribution in [0.2, 0.25) is 0 Å². The fourth-order valence-electron chi connectivity index (χ4n) is 6.58. The van der Waals surface area contributed by atoms with E-state index >= 15 is 0 Å². The van der Waals surface area contributed by atoms with Crippen molar-refractivity contribution < 1.29 is 4.79 Å². The molecule has 6 rings (SSSR count). The average Bonchev–Trinajstić information content (AvgIpc) is 3.21. The minimum Gasteiger partial charge on any atom is -0.369 e. The molecule has 3 aliphatic carbocycles. The molecule has 1 heterocycles. The maximum Gasteiger partial charge on any atom is 0.193 e. The molecule has 0 spiro atoms. The molecule has 1 aliphatic heterocycles. The molecule has 0 aromatic heterocycles. The van der Waals surface area contributed by atoms with E-state index in [1.54, 1.807) is 0 Å². The molecule has 2 fully saturated rings. The Morgan fingerprint density at radius 1 is 1.06 bits per heavy atom. The van der Waals surface area contributed by atoms with Crippen molar-refractivity contribution in [3.8, 4) is 6.07 Å². The van der Waals surface area contributed by atoms with Gasteiger partial charge >= 0.3 is 0 Å². The second-order valence-corrected chi connectivity index (χ2v) is 11.0. The Bertz CT molecular complexity index is 1270. The number of aryl methyl sites for hydroxylation is 1. The second-order valence-electron chi connectivity index (χ2n) is 11.0. The van der Waals surface area contributed by atoms with Crippen LogP contribution in [0, 0.1) is 11.3 Å². The quantitative estimate of drug-likeness (QED) is 0.637. The molecule has 34 heavy (non-hydrogen) atoms. The lowest BCUT2D eigenvalue weighted by Crippen LogP contribution is -2.52. The molecule has 0 bridgehead atoms. The van der Waals surface area contributed by atoms with Gasteiger partial charge in [0, 0.05) is 54.5 Å². The summed E-state index contributed by atoms with van der Waals surface area (Å²) >= 11 is 0. The number of rotatable bonds is 3. The maximum absolute atomic E-state index is 13.9. The monoisotopic (exact) mass is 451 g/mol. The second kappa shape index (κ2) is 7.82. The first-order valence-corrected chi connectivity index (χ1v) is 12.9. The number of nitriles is 1. The molecule has 174 valence electrons. The van der Waals surface area contributed by atoms with E-state index in [4.69, 9.17) is 0 Å². The van der Waals surface area contributed by atoms with Crippen LogP contribution in [-0.4, -0.2) is 42.9 Å². The van der Waals surface area contributed by atoms with Crippen LogP contribution >= 0.6 is 0 Å². The fraction of sp³-hybridized carbons (Fsp3) is 0.467. The van der Waals surface area contributed by atoms with Gasteiger partial charge in [0.1, 0.15) is 0 Å². The molecule has 4 aliphatic rings. The Balaban J connectivity index is 1.38. The van der Waals surface area contributed by atoms with Gasteiger partial charge in [0.2, 0.25) is 0 Å². The van der Waals surface area contributed by atoms with Crippen LogP contribution in [0.3, 0.4) is 0 Å². The van der Waals surface area contributed by atoms with Crippen molar-refractivity contribution in [1.82, 2.24) is 4.90 Å². The molecule has 0 radical (unpaired) electrons. The Kier molecular flexibility index (Phi) is 4.97. The summed E-state index contributed by atoms with van der Waals surface area (Å²) in [4.78, 5) is 19.1. The Labute approximate surface area is 202 Å². The number of hydrogen-bond acceptors (Lipinski definition) is 4. The predicted octanol–water partition coefficient (Wildman–Crippen LogP) is 5.28. The Morgan fingerprint density at radius 3 is 2.47 bits per heavy atom. The van der Waals surface area contributed by atoms with Gasteiger partial charge in [0.05, 0.1) is 11.6 Å². The van der Waals surface area contributed by atoms with E-state index in [0.717, 1.165) is 72.9 Å². The van der Waals surface area contributed by atoms with Crippen molar-refractivity contribution in [1.29, 1.82) is 5.26 Å². The van der Waals surface area contributed by atoms with Crippen molar-refractivity contribution in [2.45, 2.75) is 64.3 Å². The molecule has 1 saturated carbocycles. The molecule has 0 atom stereocenters. The number of benzene rings is 2. The Morgan fingerprint density at radius 2 is 1.82 bits per heavy atom. The van der Waals surface area contributed by atoms with Crippen LogP contribution in [0.1, 0.15) is 78.2 Å². The van der Waals surface area contributed by atoms with Gasteiger partial charge in [-0.2, -0.15) is 5.26 Å². The highest BCUT2D eigenvalue weighted by Crippen LogP contribution is 2.51. The zero-order valence-corrected chi connectivity index (χ0v) is 20.6. The SMILES string of the molecule is CCc1cc2c(cc1N1CCN(C3CCC3)CC1)C(C)(C)C1=C(C2=O)c2ccc(C#N)cc2C1. The first kappa shape index (κ1) is 21.6. The van der Waals surface area contributed by atoms with Gasteiger partial charge in [-0.1, -0.05) is 33.3 Å². The third kappa shape index (κ3) is 3.10. The van der Waals surface area contributed by atoms with Gasteiger partial charge in [-0.15, -0.1) is 0 Å². The number of allylic oxidation sites excluding steroid dienone is 2. The minimum atomic E-state index is -0.223. The summed E-state index contributed by atoms with van der Waals surface area (Å²) in [5, 5.41) is 9.36. The van der Waals surface area contributed by atoms with Gasteiger partial charge in [0.15, 0.2) is 5.78 Å². The number of fused-ring (bicyclic) bond motifs is 3. The summed E-state index contributed by atoms with van der Waals surface area (Å²) in [6.45, 7) is 11.1. The van der Waals surface area contributed by atoms with E-state index < -0.39 is 0 Å². The number of hydrogen-bond donors (Lipinski definition) is 0. The predicted molar refractivity (Wildman–Crippen MR) is 136 cm³/mol. The van der Waals surface area contributed by atoms with Crippen LogP contribution in [0.15, 0.2) is 35.9 Å². The van der Waals surface area contributed by atoms with Crippen molar-refractivity contribution in [3.05, 3.63) is 69.3 Å². The van der Waals surface area contributed by atoms with Gasteiger partial charge in [0.25, 0.3) is 0 Å².